The summed E-state index contributed by atoms with van der Waals surface area (Å²) in [4.78, 5) is 16.8. The van der Waals surface area contributed by atoms with E-state index in [1.165, 1.54) is 5.69 Å². The zero-order chi connectivity index (χ0) is 18.8. The highest BCUT2D eigenvalue weighted by Gasteiger charge is 2.26. The van der Waals surface area contributed by atoms with Crippen molar-refractivity contribution < 1.29 is 4.79 Å². The number of aryl methyl sites for hydroxylation is 1. The number of hydrogen-bond donors (Lipinski definition) is 1. The third kappa shape index (κ3) is 3.88. The fraction of sp³-hybridized carbons (Fsp3) is 0.286. The summed E-state index contributed by atoms with van der Waals surface area (Å²) in [5, 5.41) is 8.45. The highest BCUT2D eigenvalue weighted by Crippen LogP contribution is 2.30. The molecule has 1 aromatic carbocycles. The molecule has 0 spiro atoms. The number of aromatic nitrogens is 3. The van der Waals surface area contributed by atoms with Crippen molar-refractivity contribution in [2.24, 2.45) is 0 Å². The van der Waals surface area contributed by atoms with Crippen LogP contribution in [0.4, 0.5) is 0 Å². The van der Waals surface area contributed by atoms with Crippen LogP contribution < -0.4 is 5.32 Å². The van der Waals surface area contributed by atoms with E-state index in [0.29, 0.717) is 12.1 Å². The largest absolute Gasteiger partial charge is 0.345 e. The van der Waals surface area contributed by atoms with Gasteiger partial charge in [0.1, 0.15) is 0 Å². The van der Waals surface area contributed by atoms with E-state index < -0.39 is 0 Å². The van der Waals surface area contributed by atoms with Gasteiger partial charge in [-0.3, -0.25) is 14.5 Å². The van der Waals surface area contributed by atoms with Crippen LogP contribution in [0.3, 0.4) is 0 Å². The summed E-state index contributed by atoms with van der Waals surface area (Å²) in [6.45, 7) is 2.61. The molecule has 0 aliphatic heterocycles. The maximum Gasteiger partial charge on any atom is 0.253 e. The van der Waals surface area contributed by atoms with Crippen LogP contribution in [0, 0.1) is 6.92 Å². The van der Waals surface area contributed by atoms with Gasteiger partial charge in [0.2, 0.25) is 0 Å². The van der Waals surface area contributed by atoms with Gasteiger partial charge in [-0.15, -0.1) is 0 Å². The molecule has 1 atom stereocenters. The number of nitrogens with zero attached hydrogens (tertiary/aromatic N) is 3. The minimum absolute atomic E-state index is 0.0125. The number of fused-ring (bicyclic) bond motifs is 1. The Morgan fingerprint density at radius 3 is 2.78 bits per heavy atom. The lowest BCUT2D eigenvalue weighted by molar-refractivity contribution is 0.0932. The standard InChI is InChI=1S/C21H21ClN4O/c1-14-5-8-16(11-23-14)21(27)25-19-3-2-4-20-18(19)12-24-26(20)13-15-6-9-17(22)10-7-15/h5-12,19H,2-4,13H2,1H3,(H,25,27). The molecule has 3 aromatic rings. The van der Waals surface area contributed by atoms with Gasteiger partial charge in [-0.1, -0.05) is 23.7 Å². The highest BCUT2D eigenvalue weighted by atomic mass is 35.5. The van der Waals surface area contributed by atoms with Crippen LogP contribution in [-0.2, 0) is 13.0 Å². The summed E-state index contributed by atoms with van der Waals surface area (Å²) in [6, 6.07) is 11.5. The minimum Gasteiger partial charge on any atom is -0.345 e. The summed E-state index contributed by atoms with van der Waals surface area (Å²) in [7, 11) is 0. The number of benzene rings is 1. The monoisotopic (exact) mass is 380 g/mol. The van der Waals surface area contributed by atoms with E-state index in [9.17, 15) is 4.79 Å². The molecule has 0 radical (unpaired) electrons. The SMILES string of the molecule is Cc1ccc(C(=O)NC2CCCc3c2cnn3Cc2ccc(Cl)cc2)cn1. The Morgan fingerprint density at radius 2 is 2.04 bits per heavy atom. The van der Waals surface area contributed by atoms with E-state index in [2.05, 4.69) is 15.4 Å². The molecule has 0 saturated carbocycles. The van der Waals surface area contributed by atoms with Crippen molar-refractivity contribution in [3.8, 4) is 0 Å². The van der Waals surface area contributed by atoms with Crippen molar-refractivity contribution in [3.05, 3.63) is 81.9 Å². The summed E-state index contributed by atoms with van der Waals surface area (Å²) >= 11 is 5.97. The molecule has 1 unspecified atom stereocenters. The molecule has 1 aliphatic carbocycles. The number of carbonyl (C=O) groups is 1. The highest BCUT2D eigenvalue weighted by molar-refractivity contribution is 6.30. The third-order valence-electron chi connectivity index (χ3n) is 4.99. The van der Waals surface area contributed by atoms with E-state index in [4.69, 9.17) is 11.6 Å². The van der Waals surface area contributed by atoms with Crippen molar-refractivity contribution in [3.63, 3.8) is 0 Å². The van der Waals surface area contributed by atoms with Crippen LogP contribution in [0.25, 0.3) is 0 Å². The van der Waals surface area contributed by atoms with Crippen molar-refractivity contribution in [2.75, 3.05) is 0 Å². The Kier molecular flexibility index (Phi) is 4.94. The van der Waals surface area contributed by atoms with Gasteiger partial charge in [0.25, 0.3) is 5.91 Å². The Balaban J connectivity index is 1.52. The molecule has 138 valence electrons. The van der Waals surface area contributed by atoms with E-state index in [1.54, 1.807) is 6.20 Å². The lowest BCUT2D eigenvalue weighted by atomic mass is 9.92. The molecule has 27 heavy (non-hydrogen) atoms. The van der Waals surface area contributed by atoms with Crippen LogP contribution in [0.5, 0.6) is 0 Å². The number of carbonyl (C=O) groups excluding carboxylic acids is 1. The van der Waals surface area contributed by atoms with Crippen LogP contribution in [-0.4, -0.2) is 20.7 Å². The molecule has 1 amide bonds. The normalized spacial score (nSPS) is 16.0. The average molecular weight is 381 g/mol. The fourth-order valence-electron chi connectivity index (χ4n) is 3.51. The van der Waals surface area contributed by atoms with Crippen LogP contribution in [0.2, 0.25) is 5.02 Å². The number of rotatable bonds is 4. The zero-order valence-electron chi connectivity index (χ0n) is 15.2. The second kappa shape index (κ2) is 7.53. The van der Waals surface area contributed by atoms with Crippen molar-refractivity contribution in [1.29, 1.82) is 0 Å². The number of pyridine rings is 1. The Hall–Kier alpha value is -2.66. The Bertz CT molecular complexity index is 947. The van der Waals surface area contributed by atoms with Crippen molar-refractivity contribution in [1.82, 2.24) is 20.1 Å². The first kappa shape index (κ1) is 17.7. The lowest BCUT2D eigenvalue weighted by Gasteiger charge is -2.24. The number of halogens is 1. The summed E-state index contributed by atoms with van der Waals surface area (Å²) in [6.07, 6.45) is 6.43. The fourth-order valence-corrected chi connectivity index (χ4v) is 3.64. The first-order valence-electron chi connectivity index (χ1n) is 9.13. The molecular formula is C21H21ClN4O. The van der Waals surface area contributed by atoms with E-state index in [-0.39, 0.29) is 11.9 Å². The maximum atomic E-state index is 12.6. The van der Waals surface area contributed by atoms with Gasteiger partial charge < -0.3 is 5.32 Å². The minimum atomic E-state index is -0.0919. The molecule has 0 saturated heterocycles. The number of amides is 1. The second-order valence-corrected chi connectivity index (χ2v) is 7.37. The Morgan fingerprint density at radius 1 is 1.22 bits per heavy atom. The molecular weight excluding hydrogens is 360 g/mol. The molecule has 6 heteroatoms. The van der Waals surface area contributed by atoms with Crippen LogP contribution >= 0.6 is 11.6 Å². The topological polar surface area (TPSA) is 59.8 Å². The van der Waals surface area contributed by atoms with E-state index >= 15 is 0 Å². The molecule has 1 aliphatic rings. The van der Waals surface area contributed by atoms with Gasteiger partial charge >= 0.3 is 0 Å². The van der Waals surface area contributed by atoms with Gasteiger partial charge in [0.15, 0.2) is 0 Å². The quantitative estimate of drug-likeness (QED) is 0.741. The van der Waals surface area contributed by atoms with Crippen molar-refractivity contribution in [2.45, 2.75) is 38.8 Å². The lowest BCUT2D eigenvalue weighted by Crippen LogP contribution is -2.31. The molecule has 5 nitrogen and oxygen atoms in total. The van der Waals surface area contributed by atoms with Crippen molar-refractivity contribution >= 4 is 17.5 Å². The smallest absolute Gasteiger partial charge is 0.253 e. The molecule has 1 N–H and O–H groups in total. The number of hydrogen-bond acceptors (Lipinski definition) is 3. The second-order valence-electron chi connectivity index (χ2n) is 6.94. The van der Waals surface area contributed by atoms with Crippen LogP contribution in [0.1, 0.15) is 51.8 Å². The van der Waals surface area contributed by atoms with Gasteiger partial charge in [0, 0.05) is 28.2 Å². The molecule has 2 aromatic heterocycles. The maximum absolute atomic E-state index is 12.6. The molecule has 0 fully saturated rings. The molecule has 4 rings (SSSR count). The molecule has 0 bridgehead atoms. The predicted octanol–water partition coefficient (Wildman–Crippen LogP) is 4.10. The zero-order valence-corrected chi connectivity index (χ0v) is 15.9. The summed E-state index contributed by atoms with van der Waals surface area (Å²) in [5.74, 6) is -0.0919. The summed E-state index contributed by atoms with van der Waals surface area (Å²) < 4.78 is 2.03. The van der Waals surface area contributed by atoms with Gasteiger partial charge in [0.05, 0.1) is 24.3 Å². The van der Waals surface area contributed by atoms with Crippen LogP contribution in [0.15, 0.2) is 48.8 Å². The summed E-state index contributed by atoms with van der Waals surface area (Å²) in [5.41, 5.74) is 4.95. The van der Waals surface area contributed by atoms with Gasteiger partial charge in [-0.05, 0) is 56.0 Å². The first-order valence-corrected chi connectivity index (χ1v) is 9.50. The third-order valence-corrected chi connectivity index (χ3v) is 5.24. The Labute approximate surface area is 163 Å². The molecule has 2 heterocycles. The average Bonchev–Trinajstić information content (AvgIpc) is 3.08. The van der Waals surface area contributed by atoms with Gasteiger partial charge in [-0.2, -0.15) is 5.10 Å². The first-order chi connectivity index (χ1) is 13.1. The van der Waals surface area contributed by atoms with E-state index in [0.717, 1.165) is 41.1 Å². The number of nitrogens with one attached hydrogen (secondary N) is 1. The van der Waals surface area contributed by atoms with E-state index in [1.807, 2.05) is 54.2 Å². The van der Waals surface area contributed by atoms with Gasteiger partial charge in [-0.25, -0.2) is 0 Å². The predicted molar refractivity (Wildman–Crippen MR) is 105 cm³/mol.